The number of halogens is 11. The number of carbonyl (C=O) groups is 2. The van der Waals surface area contributed by atoms with Crippen LogP contribution in [-0.4, -0.2) is 34.8 Å². The maximum absolute atomic E-state index is 14.7. The molecule has 0 spiro atoms. The lowest BCUT2D eigenvalue weighted by atomic mass is 10.1. The van der Waals surface area contributed by atoms with Gasteiger partial charge in [0.2, 0.25) is 5.91 Å². The second-order valence-corrected chi connectivity index (χ2v) is 9.31. The molecule has 0 saturated heterocycles. The standard InChI is InChI=1S/C20H11Cl3F8N2O2/c21-8-5-7(1-2-9(8)24)13-14(19(13,22)23)17(35)33-11-4-3-10(25)12(15(11)26)16(34)32-6-18(27,28)20(29,30)31/h1-5,13-14H,6H2,(H,32,34)(H,33,35)/t13-,14+/m0/s1. The first-order chi connectivity index (χ1) is 16.0. The van der Waals surface area contributed by atoms with Crippen LogP contribution in [0.15, 0.2) is 30.3 Å². The van der Waals surface area contributed by atoms with Gasteiger partial charge in [0.05, 0.1) is 23.2 Å². The van der Waals surface area contributed by atoms with Gasteiger partial charge in [-0.05, 0) is 29.8 Å². The van der Waals surface area contributed by atoms with E-state index in [1.807, 2.05) is 5.32 Å². The molecule has 0 radical (unpaired) electrons. The van der Waals surface area contributed by atoms with Gasteiger partial charge in [-0.1, -0.05) is 17.7 Å². The molecule has 0 unspecified atom stereocenters. The molecule has 2 amide bonds. The molecule has 2 atom stereocenters. The molecule has 1 saturated carbocycles. The SMILES string of the molecule is O=C(NCC(F)(F)C(F)(F)F)c1c(F)ccc(NC(=O)[C@H]2[C@H](c3ccc(F)c(Cl)c3)C2(Cl)Cl)c1F. The smallest absolute Gasteiger partial charge is 0.345 e. The van der Waals surface area contributed by atoms with Crippen LogP contribution in [-0.2, 0) is 4.79 Å². The highest BCUT2D eigenvalue weighted by atomic mass is 35.5. The van der Waals surface area contributed by atoms with E-state index in [2.05, 4.69) is 0 Å². The van der Waals surface area contributed by atoms with Crippen molar-refractivity contribution in [1.82, 2.24) is 5.32 Å². The molecule has 190 valence electrons. The zero-order valence-electron chi connectivity index (χ0n) is 16.7. The highest BCUT2D eigenvalue weighted by molar-refractivity contribution is 6.53. The monoisotopic (exact) mass is 568 g/mol. The maximum Gasteiger partial charge on any atom is 0.455 e. The van der Waals surface area contributed by atoms with Gasteiger partial charge in [0.15, 0.2) is 5.82 Å². The second-order valence-electron chi connectivity index (χ2n) is 7.46. The van der Waals surface area contributed by atoms with E-state index in [0.29, 0.717) is 12.1 Å². The fraction of sp³-hybridized carbons (Fsp3) is 0.300. The molecule has 2 aromatic carbocycles. The molecule has 1 fully saturated rings. The van der Waals surface area contributed by atoms with E-state index in [1.165, 1.54) is 12.1 Å². The van der Waals surface area contributed by atoms with Crippen molar-refractivity contribution in [1.29, 1.82) is 0 Å². The van der Waals surface area contributed by atoms with Crippen molar-refractivity contribution < 1.29 is 44.7 Å². The molecule has 2 N–H and O–H groups in total. The number of rotatable bonds is 6. The van der Waals surface area contributed by atoms with Crippen LogP contribution in [0.2, 0.25) is 5.02 Å². The van der Waals surface area contributed by atoms with Gasteiger partial charge in [-0.3, -0.25) is 9.59 Å². The number of alkyl halides is 7. The Morgan fingerprint density at radius 1 is 0.971 bits per heavy atom. The van der Waals surface area contributed by atoms with Crippen LogP contribution in [0.4, 0.5) is 40.8 Å². The van der Waals surface area contributed by atoms with E-state index in [-0.39, 0.29) is 10.6 Å². The number of benzene rings is 2. The van der Waals surface area contributed by atoms with Crippen LogP contribution in [0, 0.1) is 23.4 Å². The van der Waals surface area contributed by atoms with Crippen LogP contribution in [0.25, 0.3) is 0 Å². The molecule has 35 heavy (non-hydrogen) atoms. The Morgan fingerprint density at radius 3 is 2.14 bits per heavy atom. The molecular formula is C20H11Cl3F8N2O2. The average Bonchev–Trinajstić information content (AvgIpc) is 3.32. The molecular weight excluding hydrogens is 559 g/mol. The van der Waals surface area contributed by atoms with E-state index in [9.17, 15) is 44.7 Å². The Morgan fingerprint density at radius 2 is 1.57 bits per heavy atom. The number of carbonyl (C=O) groups excluding carboxylic acids is 2. The lowest BCUT2D eigenvalue weighted by molar-refractivity contribution is -0.278. The van der Waals surface area contributed by atoms with Gasteiger partial charge in [0.25, 0.3) is 5.91 Å². The number of anilines is 1. The van der Waals surface area contributed by atoms with Crippen LogP contribution in [0.1, 0.15) is 21.8 Å². The van der Waals surface area contributed by atoms with Crippen LogP contribution >= 0.6 is 34.8 Å². The third-order valence-corrected chi connectivity index (χ3v) is 6.33. The zero-order chi connectivity index (χ0) is 26.5. The molecule has 1 aliphatic rings. The van der Waals surface area contributed by atoms with Gasteiger partial charge in [-0.25, -0.2) is 13.2 Å². The number of hydrogen-bond donors (Lipinski definition) is 2. The van der Waals surface area contributed by atoms with E-state index < -0.39 is 75.3 Å². The Hall–Kier alpha value is -2.31. The first kappa shape index (κ1) is 27.3. The minimum Gasteiger partial charge on any atom is -0.345 e. The third kappa shape index (κ3) is 5.29. The zero-order valence-corrected chi connectivity index (χ0v) is 19.0. The summed E-state index contributed by atoms with van der Waals surface area (Å²) in [7, 11) is 0. The molecule has 0 aromatic heterocycles. The lowest BCUT2D eigenvalue weighted by Crippen LogP contribution is -2.47. The minimum absolute atomic E-state index is 0.270. The van der Waals surface area contributed by atoms with Crippen LogP contribution < -0.4 is 10.6 Å². The summed E-state index contributed by atoms with van der Waals surface area (Å²) in [4.78, 5) is 24.6. The summed E-state index contributed by atoms with van der Waals surface area (Å²) in [5.74, 6) is -14.5. The summed E-state index contributed by atoms with van der Waals surface area (Å²) >= 11 is 17.9. The molecule has 0 aliphatic heterocycles. The average molecular weight is 570 g/mol. The van der Waals surface area contributed by atoms with Crippen molar-refractivity contribution in [3.05, 3.63) is 63.9 Å². The van der Waals surface area contributed by atoms with E-state index in [1.54, 1.807) is 0 Å². The summed E-state index contributed by atoms with van der Waals surface area (Å²) < 4.78 is 103. The van der Waals surface area contributed by atoms with Crippen molar-refractivity contribution in [3.63, 3.8) is 0 Å². The minimum atomic E-state index is -6.02. The highest BCUT2D eigenvalue weighted by Crippen LogP contribution is 2.65. The number of nitrogens with one attached hydrogen (secondary N) is 2. The van der Waals surface area contributed by atoms with E-state index >= 15 is 0 Å². The molecule has 3 rings (SSSR count). The lowest BCUT2D eigenvalue weighted by Gasteiger charge is -2.20. The quantitative estimate of drug-likeness (QED) is 0.321. The van der Waals surface area contributed by atoms with Crippen LogP contribution in [0.5, 0.6) is 0 Å². The molecule has 2 aromatic rings. The van der Waals surface area contributed by atoms with Gasteiger partial charge >= 0.3 is 12.1 Å². The highest BCUT2D eigenvalue weighted by Gasteiger charge is 2.67. The Labute approximate surface area is 206 Å². The van der Waals surface area contributed by atoms with Gasteiger partial charge in [0.1, 0.15) is 21.5 Å². The van der Waals surface area contributed by atoms with Crippen molar-refractivity contribution in [3.8, 4) is 0 Å². The Balaban J connectivity index is 1.79. The van der Waals surface area contributed by atoms with Crippen molar-refractivity contribution >= 4 is 52.3 Å². The summed E-state index contributed by atoms with van der Waals surface area (Å²) in [6.45, 7) is -2.28. The molecule has 0 bridgehead atoms. The van der Waals surface area contributed by atoms with Gasteiger partial charge in [0, 0.05) is 5.92 Å². The molecule has 15 heteroatoms. The Kier molecular flexibility index (Phi) is 7.24. The van der Waals surface area contributed by atoms with Crippen molar-refractivity contribution in [2.45, 2.75) is 22.4 Å². The van der Waals surface area contributed by atoms with E-state index in [0.717, 1.165) is 11.4 Å². The molecule has 0 heterocycles. The summed E-state index contributed by atoms with van der Waals surface area (Å²) in [5.41, 5.74) is -2.05. The fourth-order valence-corrected chi connectivity index (χ4v) is 4.24. The van der Waals surface area contributed by atoms with Crippen molar-refractivity contribution in [2.75, 3.05) is 11.9 Å². The maximum atomic E-state index is 14.7. The second kappa shape index (κ2) is 9.29. The first-order valence-electron chi connectivity index (χ1n) is 9.33. The normalized spacial score (nSPS) is 19.3. The van der Waals surface area contributed by atoms with Gasteiger partial charge in [-0.15, -0.1) is 23.2 Å². The van der Waals surface area contributed by atoms with Gasteiger partial charge in [-0.2, -0.15) is 22.0 Å². The largest absolute Gasteiger partial charge is 0.455 e. The van der Waals surface area contributed by atoms with E-state index in [4.69, 9.17) is 34.8 Å². The first-order valence-corrected chi connectivity index (χ1v) is 10.5. The van der Waals surface area contributed by atoms with Gasteiger partial charge < -0.3 is 10.6 Å². The third-order valence-electron chi connectivity index (χ3n) is 5.10. The predicted molar refractivity (Wildman–Crippen MR) is 110 cm³/mol. The predicted octanol–water partition coefficient (Wildman–Crippen LogP) is 6.21. The fourth-order valence-electron chi connectivity index (χ4n) is 3.22. The summed E-state index contributed by atoms with van der Waals surface area (Å²) in [5, 5.41) is 2.83. The summed E-state index contributed by atoms with van der Waals surface area (Å²) in [6, 6.07) is 4.60. The molecule has 4 nitrogen and oxygen atoms in total. The number of amides is 2. The topological polar surface area (TPSA) is 58.2 Å². The summed E-state index contributed by atoms with van der Waals surface area (Å²) in [6.07, 6.45) is -6.02. The number of hydrogen-bond acceptors (Lipinski definition) is 2. The molecule has 1 aliphatic carbocycles. The van der Waals surface area contributed by atoms with Crippen LogP contribution in [0.3, 0.4) is 0 Å². The van der Waals surface area contributed by atoms with Crippen molar-refractivity contribution in [2.24, 2.45) is 5.92 Å². The Bertz CT molecular complexity index is 1190.